The molecule has 4 rings (SSSR count). The molecule has 0 spiro atoms. The van der Waals surface area contributed by atoms with Crippen LogP contribution in [0, 0.1) is 11.8 Å². The quantitative estimate of drug-likeness (QED) is 0.183. The zero-order chi connectivity index (χ0) is 48.4. The summed E-state index contributed by atoms with van der Waals surface area (Å²) in [5.41, 5.74) is -0.567. The number of carbonyl (C=O) groups excluding carboxylic acids is 2. The molecule has 2 aliphatic heterocycles. The molecule has 12 nitrogen and oxygen atoms in total. The van der Waals surface area contributed by atoms with Crippen molar-refractivity contribution in [2.45, 2.75) is 187 Å². The molecule has 4 heterocycles. The second-order valence-electron chi connectivity index (χ2n) is 21.5. The Bertz CT molecular complexity index is 1870. The number of rotatable bonds is 10. The third-order valence-corrected chi connectivity index (χ3v) is 14.4. The van der Waals surface area contributed by atoms with E-state index in [9.17, 15) is 18.0 Å². The number of ether oxygens (including phenoxy) is 2. The Morgan fingerprint density at radius 3 is 1.63 bits per heavy atom. The van der Waals surface area contributed by atoms with Crippen molar-refractivity contribution in [2.75, 3.05) is 13.1 Å². The molecule has 358 valence electrons. The van der Waals surface area contributed by atoms with Crippen molar-refractivity contribution in [2.24, 2.45) is 16.2 Å². The van der Waals surface area contributed by atoms with Crippen LogP contribution >= 0.6 is 47.8 Å². The number of hydrogen-bond acceptors (Lipinski definition) is 8. The molecule has 2 aromatic rings. The molecule has 2 amide bonds. The van der Waals surface area contributed by atoms with E-state index in [1.807, 2.05) is 117 Å². The van der Waals surface area contributed by atoms with Gasteiger partial charge < -0.3 is 19.3 Å². The Morgan fingerprint density at radius 1 is 0.778 bits per heavy atom. The van der Waals surface area contributed by atoms with Crippen LogP contribution in [0.2, 0.25) is 0 Å². The summed E-state index contributed by atoms with van der Waals surface area (Å²) < 4.78 is 45.4. The zero-order valence-electron chi connectivity index (χ0n) is 40.6. The lowest BCUT2D eigenvalue weighted by Crippen LogP contribution is -2.45. The van der Waals surface area contributed by atoms with Gasteiger partial charge in [0.25, 0.3) is 0 Å². The summed E-state index contributed by atoms with van der Waals surface area (Å²) >= 11 is 10.0. The first-order chi connectivity index (χ1) is 28.6. The average molecular weight is 1110 g/mol. The molecule has 5 atom stereocenters. The molecule has 0 radical (unpaired) electrons. The van der Waals surface area contributed by atoms with Gasteiger partial charge in [0, 0.05) is 51.7 Å². The van der Waals surface area contributed by atoms with Crippen molar-refractivity contribution >= 4 is 88.2 Å². The Labute approximate surface area is 409 Å². The Hall–Kier alpha value is -1.79. The number of nitrogens with one attached hydrogen (secondary N) is 1. The fourth-order valence-corrected chi connectivity index (χ4v) is 9.76. The van der Waals surface area contributed by atoms with Crippen molar-refractivity contribution in [1.29, 1.82) is 0 Å². The lowest BCUT2D eigenvalue weighted by atomic mass is 9.91. The smallest absolute Gasteiger partial charge is 0.410 e. The fraction of sp³-hybridized carbons (Fsp3) is 0.717. The third-order valence-electron chi connectivity index (χ3n) is 10.0. The minimum Gasteiger partial charge on any atom is -0.444 e. The number of hydrogen-bond donors (Lipinski definition) is 1. The van der Waals surface area contributed by atoms with Gasteiger partial charge in [-0.3, -0.25) is 4.98 Å². The summed E-state index contributed by atoms with van der Waals surface area (Å²) in [6, 6.07) is 7.50. The highest BCUT2D eigenvalue weighted by atomic mass is 79.9. The highest BCUT2D eigenvalue weighted by molar-refractivity contribution is 9.11. The minimum absolute atomic E-state index is 0.128. The predicted molar refractivity (Wildman–Crippen MR) is 270 cm³/mol. The van der Waals surface area contributed by atoms with Crippen molar-refractivity contribution in [1.82, 2.24) is 24.5 Å². The summed E-state index contributed by atoms with van der Waals surface area (Å²) in [5.74, 6) is 0.768. The molecule has 2 aromatic heterocycles. The first-order valence-corrected chi connectivity index (χ1v) is 26.3. The van der Waals surface area contributed by atoms with Crippen molar-refractivity contribution in [3.8, 4) is 0 Å². The van der Waals surface area contributed by atoms with Gasteiger partial charge in [-0.2, -0.15) is 4.40 Å². The number of nitrogens with zero attached hydrogens (tertiary/aromatic N) is 5. The number of halogens is 3. The largest absolute Gasteiger partial charge is 0.444 e. The molecule has 2 fully saturated rings. The predicted octanol–water partition coefficient (Wildman–Crippen LogP) is 12.7. The first kappa shape index (κ1) is 57.3. The monoisotopic (exact) mass is 1110 g/mol. The van der Waals surface area contributed by atoms with E-state index in [0.717, 1.165) is 57.8 Å². The second-order valence-corrected chi connectivity index (χ2v) is 28.1. The maximum atomic E-state index is 12.8. The Morgan fingerprint density at radius 2 is 1.24 bits per heavy atom. The van der Waals surface area contributed by atoms with Gasteiger partial charge in [-0.1, -0.05) is 31.9 Å². The lowest BCUT2D eigenvalue weighted by molar-refractivity contribution is 0.0118. The van der Waals surface area contributed by atoms with Crippen molar-refractivity contribution in [3.05, 3.63) is 55.9 Å². The molecule has 63 heavy (non-hydrogen) atoms. The highest BCUT2D eigenvalue weighted by Gasteiger charge is 2.44. The number of carbonyl (C=O) groups is 2. The summed E-state index contributed by atoms with van der Waals surface area (Å²) in [6.07, 6.45) is 10.0. The van der Waals surface area contributed by atoms with Crippen LogP contribution in [0.1, 0.15) is 161 Å². The van der Waals surface area contributed by atoms with Gasteiger partial charge in [-0.05, 0) is 201 Å². The number of likely N-dealkylation sites (tertiary alicyclic amines) is 2. The molecular formula is C46H75Br3N6O6S2. The van der Waals surface area contributed by atoms with Gasteiger partial charge in [0.05, 0.1) is 32.2 Å². The van der Waals surface area contributed by atoms with Gasteiger partial charge in [0.15, 0.2) is 0 Å². The van der Waals surface area contributed by atoms with E-state index in [1.54, 1.807) is 18.6 Å². The van der Waals surface area contributed by atoms with E-state index in [-0.39, 0.29) is 38.8 Å². The first-order valence-electron chi connectivity index (χ1n) is 21.6. The van der Waals surface area contributed by atoms with Crippen LogP contribution < -0.4 is 4.72 Å². The lowest BCUT2D eigenvalue weighted by Gasteiger charge is -2.33. The van der Waals surface area contributed by atoms with E-state index < -0.39 is 33.2 Å². The van der Waals surface area contributed by atoms with E-state index in [2.05, 4.69) is 94.6 Å². The van der Waals surface area contributed by atoms with Gasteiger partial charge in [0.2, 0.25) is 0 Å². The van der Waals surface area contributed by atoms with Gasteiger partial charge in [-0.25, -0.2) is 27.7 Å². The maximum absolute atomic E-state index is 12.8. The minimum atomic E-state index is -1.21. The van der Waals surface area contributed by atoms with E-state index in [1.165, 1.54) is 0 Å². The van der Waals surface area contributed by atoms with Gasteiger partial charge in [0.1, 0.15) is 26.8 Å². The van der Waals surface area contributed by atoms with Crippen LogP contribution in [0.4, 0.5) is 9.59 Å². The summed E-state index contributed by atoms with van der Waals surface area (Å²) in [7, 11) is -2.40. The van der Waals surface area contributed by atoms with Crippen LogP contribution in [-0.2, 0) is 31.4 Å². The van der Waals surface area contributed by atoms with Crippen molar-refractivity contribution in [3.63, 3.8) is 0 Å². The molecule has 0 saturated carbocycles. The van der Waals surface area contributed by atoms with Crippen LogP contribution in [0.25, 0.3) is 0 Å². The third kappa shape index (κ3) is 21.2. The topological polar surface area (TPSA) is 143 Å². The molecule has 0 aliphatic carbocycles. The fourth-order valence-electron chi connectivity index (χ4n) is 6.99. The van der Waals surface area contributed by atoms with Gasteiger partial charge in [-0.15, -0.1) is 0 Å². The Balaban J connectivity index is 0.000000376. The molecule has 17 heteroatoms. The summed E-state index contributed by atoms with van der Waals surface area (Å²) in [4.78, 5) is 37.2. The molecule has 0 aromatic carbocycles. The zero-order valence-corrected chi connectivity index (χ0v) is 47.0. The maximum Gasteiger partial charge on any atom is 0.410 e. The van der Waals surface area contributed by atoms with Crippen molar-refractivity contribution < 1.29 is 27.5 Å². The molecule has 3 unspecified atom stereocenters. The summed E-state index contributed by atoms with van der Waals surface area (Å²) in [6.45, 7) is 32.7. The average Bonchev–Trinajstić information content (AvgIpc) is 3.59. The van der Waals surface area contributed by atoms with Crippen LogP contribution in [0.3, 0.4) is 0 Å². The molecular weight excluding hydrogens is 1040 g/mol. The SMILES string of the molecule is Brc1ccnc(Br)c1.CC(C)(C)OC(=O)N1C[C@@H](CCC(NS(=O)C(C)(C)C)c2cc(Br)ccn2)CC1(C)C.CC(C)(C)OC(=O)N1C[C@@H](CCC=NS(=O)C(C)(C)C)CC1(C)C. The number of aromatic nitrogens is 2. The van der Waals surface area contributed by atoms with Gasteiger partial charge >= 0.3 is 12.2 Å². The molecule has 2 saturated heterocycles. The van der Waals surface area contributed by atoms with Crippen LogP contribution in [0.15, 0.2) is 54.6 Å². The molecule has 0 bridgehead atoms. The standard InChI is InChI=1S/C23H38BrN3O3S.C18H34N2O3S.C5H3Br2N/c1-21(2,3)30-20(28)27-15-16(14-23(27,7)8)9-10-18(26-31(29)22(4,5)6)19-13-17(24)11-12-25-19;1-16(2,3)23-15(21)20-13-14(12-18(20,7)8)10-9-11-19-24(22)17(4,5)6;6-4-1-2-8-5(7)3-4/h11-13,16,18,26H,9-10,14-15H2,1-8H3;11,14H,9-10,12-13H2,1-8H3;1-3H/t16-,18?,31?;14-,24?;/m00./s1. The number of pyridine rings is 2. The summed E-state index contributed by atoms with van der Waals surface area (Å²) in [5, 5.41) is 0. The molecule has 2 aliphatic rings. The van der Waals surface area contributed by atoms with E-state index in [0.29, 0.717) is 24.9 Å². The number of amides is 2. The molecule has 1 N–H and O–H groups in total. The Kier molecular flexibility index (Phi) is 21.6. The van der Waals surface area contributed by atoms with Crippen LogP contribution in [0.5, 0.6) is 0 Å². The normalized spacial score (nSPS) is 20.2. The second kappa shape index (κ2) is 23.8. The highest BCUT2D eigenvalue weighted by Crippen LogP contribution is 2.38. The van der Waals surface area contributed by atoms with E-state index >= 15 is 0 Å². The van der Waals surface area contributed by atoms with Crippen LogP contribution in [-0.4, -0.2) is 91.5 Å². The van der Waals surface area contributed by atoms with E-state index in [4.69, 9.17) is 9.47 Å².